The molecule has 0 fully saturated rings. The molecule has 1 atom stereocenters. The monoisotopic (exact) mass is 277 g/mol. The molecule has 0 saturated heterocycles. The molecule has 1 aromatic heterocycles. The Bertz CT molecular complexity index is 421. The van der Waals surface area contributed by atoms with Gasteiger partial charge in [-0.15, -0.1) is 0 Å². The van der Waals surface area contributed by atoms with Gasteiger partial charge in [0.1, 0.15) is 5.82 Å². The smallest absolute Gasteiger partial charge is 0.129 e. The Labute approximate surface area is 124 Å². The van der Waals surface area contributed by atoms with Crippen LogP contribution in [-0.2, 0) is 12.0 Å². The summed E-state index contributed by atoms with van der Waals surface area (Å²) in [4.78, 5) is 7.16. The first kappa shape index (κ1) is 17.0. The summed E-state index contributed by atoms with van der Waals surface area (Å²) >= 11 is 0. The van der Waals surface area contributed by atoms with Crippen LogP contribution in [0.4, 0.5) is 5.82 Å². The third kappa shape index (κ3) is 4.48. The molecule has 0 amide bonds. The standard InChI is InChI=1S/C17H31N3/c1-8-13(3)20(7)16-11-14(12-18-9-2)10-15(19-16)17(4,5)6/h10-11,13,18H,8-9,12H2,1-7H3. The van der Waals surface area contributed by atoms with Gasteiger partial charge in [0, 0.05) is 30.7 Å². The van der Waals surface area contributed by atoms with Crippen LogP contribution >= 0.6 is 0 Å². The Kier molecular flexibility index (Phi) is 6.00. The maximum Gasteiger partial charge on any atom is 0.129 e. The lowest BCUT2D eigenvalue weighted by atomic mass is 9.90. The van der Waals surface area contributed by atoms with Gasteiger partial charge in [0.25, 0.3) is 0 Å². The van der Waals surface area contributed by atoms with Gasteiger partial charge in [-0.3, -0.25) is 0 Å². The second-order valence-corrected chi connectivity index (χ2v) is 6.62. The van der Waals surface area contributed by atoms with Crippen molar-refractivity contribution in [1.82, 2.24) is 10.3 Å². The van der Waals surface area contributed by atoms with Crippen LogP contribution in [0, 0.1) is 0 Å². The SMILES string of the molecule is CCNCc1cc(N(C)C(C)CC)nc(C(C)(C)C)c1. The van der Waals surface area contributed by atoms with Crippen molar-refractivity contribution in [2.24, 2.45) is 0 Å². The van der Waals surface area contributed by atoms with Gasteiger partial charge in [0.05, 0.1) is 0 Å². The first-order valence-electron chi connectivity index (χ1n) is 7.74. The molecular weight excluding hydrogens is 246 g/mol. The molecule has 0 aromatic carbocycles. The zero-order valence-electron chi connectivity index (χ0n) is 14.2. The van der Waals surface area contributed by atoms with E-state index >= 15 is 0 Å². The van der Waals surface area contributed by atoms with Crippen molar-refractivity contribution in [3.63, 3.8) is 0 Å². The van der Waals surface area contributed by atoms with Gasteiger partial charge < -0.3 is 10.2 Å². The molecule has 0 aliphatic heterocycles. The molecule has 1 N–H and O–H groups in total. The van der Waals surface area contributed by atoms with Crippen molar-refractivity contribution in [2.45, 2.75) is 66.0 Å². The molecule has 0 aliphatic carbocycles. The number of nitrogens with zero attached hydrogens (tertiary/aromatic N) is 2. The molecule has 114 valence electrons. The molecule has 3 nitrogen and oxygen atoms in total. The molecule has 0 saturated carbocycles. The van der Waals surface area contributed by atoms with Crippen LogP contribution in [0.25, 0.3) is 0 Å². The maximum atomic E-state index is 4.88. The summed E-state index contributed by atoms with van der Waals surface area (Å²) < 4.78 is 0. The fourth-order valence-electron chi connectivity index (χ4n) is 2.01. The number of nitrogens with one attached hydrogen (secondary N) is 1. The summed E-state index contributed by atoms with van der Waals surface area (Å²) in [6.45, 7) is 15.2. The average molecular weight is 277 g/mol. The third-order valence-electron chi connectivity index (χ3n) is 3.83. The van der Waals surface area contributed by atoms with E-state index in [-0.39, 0.29) is 5.41 Å². The van der Waals surface area contributed by atoms with Gasteiger partial charge in [0.2, 0.25) is 0 Å². The summed E-state index contributed by atoms with van der Waals surface area (Å²) in [6, 6.07) is 4.95. The third-order valence-corrected chi connectivity index (χ3v) is 3.83. The number of anilines is 1. The normalized spacial score (nSPS) is 13.3. The number of hydrogen-bond donors (Lipinski definition) is 1. The van der Waals surface area contributed by atoms with Gasteiger partial charge in [-0.2, -0.15) is 0 Å². The van der Waals surface area contributed by atoms with Crippen LogP contribution < -0.4 is 10.2 Å². The Balaban J connectivity index is 3.15. The second kappa shape index (κ2) is 7.07. The molecule has 1 aromatic rings. The van der Waals surface area contributed by atoms with Gasteiger partial charge in [-0.1, -0.05) is 34.6 Å². The van der Waals surface area contributed by atoms with Crippen molar-refractivity contribution >= 4 is 5.82 Å². The predicted octanol–water partition coefficient (Wildman–Crippen LogP) is 3.72. The fourth-order valence-corrected chi connectivity index (χ4v) is 2.01. The molecule has 0 aliphatic rings. The van der Waals surface area contributed by atoms with E-state index in [4.69, 9.17) is 4.98 Å². The molecule has 3 heteroatoms. The Hall–Kier alpha value is -1.09. The molecule has 0 radical (unpaired) electrons. The first-order valence-corrected chi connectivity index (χ1v) is 7.74. The highest BCUT2D eigenvalue weighted by Gasteiger charge is 2.19. The molecular formula is C17H31N3. The Morgan fingerprint density at radius 2 is 1.90 bits per heavy atom. The van der Waals surface area contributed by atoms with E-state index in [1.165, 1.54) is 5.56 Å². The number of rotatable bonds is 6. The van der Waals surface area contributed by atoms with Crippen molar-refractivity contribution in [3.8, 4) is 0 Å². The molecule has 20 heavy (non-hydrogen) atoms. The van der Waals surface area contributed by atoms with Crippen molar-refractivity contribution in [3.05, 3.63) is 23.4 Å². The van der Waals surface area contributed by atoms with Crippen molar-refractivity contribution in [1.29, 1.82) is 0 Å². The van der Waals surface area contributed by atoms with Gasteiger partial charge >= 0.3 is 0 Å². The zero-order chi connectivity index (χ0) is 15.3. The highest BCUT2D eigenvalue weighted by atomic mass is 15.2. The van der Waals surface area contributed by atoms with Crippen LogP contribution in [0.5, 0.6) is 0 Å². The van der Waals surface area contributed by atoms with E-state index in [0.29, 0.717) is 6.04 Å². The van der Waals surface area contributed by atoms with E-state index in [0.717, 1.165) is 31.0 Å². The average Bonchev–Trinajstić information content (AvgIpc) is 2.42. The molecule has 1 rings (SSSR count). The van der Waals surface area contributed by atoms with Crippen LogP contribution in [0.15, 0.2) is 12.1 Å². The lowest BCUT2D eigenvalue weighted by molar-refractivity contribution is 0.562. The van der Waals surface area contributed by atoms with Gasteiger partial charge in [-0.05, 0) is 37.6 Å². The first-order chi connectivity index (χ1) is 9.29. The second-order valence-electron chi connectivity index (χ2n) is 6.62. The minimum Gasteiger partial charge on any atom is -0.357 e. The Morgan fingerprint density at radius 1 is 1.25 bits per heavy atom. The summed E-state index contributed by atoms with van der Waals surface area (Å²) in [5.41, 5.74) is 2.56. The Morgan fingerprint density at radius 3 is 2.40 bits per heavy atom. The van der Waals surface area contributed by atoms with Crippen LogP contribution in [-0.4, -0.2) is 24.6 Å². The number of aromatic nitrogens is 1. The summed E-state index contributed by atoms with van der Waals surface area (Å²) in [5.74, 6) is 1.08. The van der Waals surface area contributed by atoms with E-state index in [2.05, 4.69) is 70.9 Å². The summed E-state index contributed by atoms with van der Waals surface area (Å²) in [6.07, 6.45) is 1.13. The van der Waals surface area contributed by atoms with Crippen molar-refractivity contribution in [2.75, 3.05) is 18.5 Å². The zero-order valence-corrected chi connectivity index (χ0v) is 14.2. The minimum absolute atomic E-state index is 0.0767. The number of hydrogen-bond acceptors (Lipinski definition) is 3. The minimum atomic E-state index is 0.0767. The van der Waals surface area contributed by atoms with Crippen LogP contribution in [0.1, 0.15) is 59.2 Å². The maximum absolute atomic E-state index is 4.88. The van der Waals surface area contributed by atoms with Crippen molar-refractivity contribution < 1.29 is 0 Å². The van der Waals surface area contributed by atoms with E-state index in [9.17, 15) is 0 Å². The van der Waals surface area contributed by atoms with E-state index < -0.39 is 0 Å². The van der Waals surface area contributed by atoms with E-state index in [1.54, 1.807) is 0 Å². The van der Waals surface area contributed by atoms with Gasteiger partial charge in [-0.25, -0.2) is 4.98 Å². The predicted molar refractivity (Wildman–Crippen MR) is 88.5 cm³/mol. The largest absolute Gasteiger partial charge is 0.357 e. The lowest BCUT2D eigenvalue weighted by Gasteiger charge is -2.28. The van der Waals surface area contributed by atoms with E-state index in [1.807, 2.05) is 0 Å². The highest BCUT2D eigenvalue weighted by molar-refractivity contribution is 5.44. The highest BCUT2D eigenvalue weighted by Crippen LogP contribution is 2.25. The van der Waals surface area contributed by atoms with Crippen LogP contribution in [0.2, 0.25) is 0 Å². The quantitative estimate of drug-likeness (QED) is 0.859. The fraction of sp³-hybridized carbons (Fsp3) is 0.706. The molecule has 0 bridgehead atoms. The topological polar surface area (TPSA) is 28.2 Å². The number of pyridine rings is 1. The van der Waals surface area contributed by atoms with Crippen LogP contribution in [0.3, 0.4) is 0 Å². The lowest BCUT2D eigenvalue weighted by Crippen LogP contribution is -2.30. The summed E-state index contributed by atoms with van der Waals surface area (Å²) in [5, 5.41) is 3.41. The summed E-state index contributed by atoms with van der Waals surface area (Å²) in [7, 11) is 2.14. The molecule has 1 heterocycles. The van der Waals surface area contributed by atoms with Gasteiger partial charge in [0.15, 0.2) is 0 Å². The molecule has 1 unspecified atom stereocenters. The molecule has 0 spiro atoms.